The van der Waals surface area contributed by atoms with Crippen LogP contribution in [0.15, 0.2) is 39.4 Å². The van der Waals surface area contributed by atoms with Crippen molar-refractivity contribution in [3.63, 3.8) is 0 Å². The number of carbonyl (C=O) groups excluding carboxylic acids is 1. The highest BCUT2D eigenvalue weighted by Crippen LogP contribution is 2.46. The van der Waals surface area contributed by atoms with E-state index in [9.17, 15) is 31.9 Å². The van der Waals surface area contributed by atoms with Gasteiger partial charge in [-0.2, -0.15) is 13.2 Å². The fourth-order valence-corrected chi connectivity index (χ4v) is 4.34. The molecule has 0 radical (unpaired) electrons. The highest BCUT2D eigenvalue weighted by atomic mass is 19.4. The summed E-state index contributed by atoms with van der Waals surface area (Å²) in [7, 11) is 0. The Balaban J connectivity index is 1.71. The molecule has 0 spiro atoms. The van der Waals surface area contributed by atoms with Gasteiger partial charge in [0, 0.05) is 24.0 Å². The summed E-state index contributed by atoms with van der Waals surface area (Å²) >= 11 is 0. The standard InChI is InChI=1S/C23H19F5N4O4/c1-22(2,34)21-31-15(19(24)25)18(36-21)20(33)32-8-7-11-14(30-9-29-11)16(32)17-13(23(26,27)28)10-5-3-4-6-12(10)35-17/h3-6,9,16,19,34H,7-8H2,1-2H3,(H,29,30)/t16-/m0/s1. The van der Waals surface area contributed by atoms with Gasteiger partial charge in [0.15, 0.2) is 5.69 Å². The number of hydrogen-bond donors (Lipinski definition) is 2. The maximum Gasteiger partial charge on any atom is 0.420 e. The molecule has 1 aliphatic heterocycles. The number of halogens is 5. The Labute approximate surface area is 199 Å². The number of para-hydroxylation sites is 1. The van der Waals surface area contributed by atoms with Crippen molar-refractivity contribution in [3.8, 4) is 0 Å². The third kappa shape index (κ3) is 3.83. The zero-order valence-electron chi connectivity index (χ0n) is 18.9. The van der Waals surface area contributed by atoms with Gasteiger partial charge in [0.1, 0.15) is 28.5 Å². The van der Waals surface area contributed by atoms with Crippen LogP contribution in [0.4, 0.5) is 22.0 Å². The van der Waals surface area contributed by atoms with E-state index in [1.807, 2.05) is 0 Å². The van der Waals surface area contributed by atoms with E-state index in [0.29, 0.717) is 5.69 Å². The van der Waals surface area contributed by atoms with Gasteiger partial charge in [-0.1, -0.05) is 18.2 Å². The zero-order chi connectivity index (χ0) is 26.0. The third-order valence-corrected chi connectivity index (χ3v) is 5.92. The Kier molecular flexibility index (Phi) is 5.43. The largest absolute Gasteiger partial charge is 0.458 e. The van der Waals surface area contributed by atoms with Crippen molar-refractivity contribution in [1.29, 1.82) is 0 Å². The minimum atomic E-state index is -4.86. The molecule has 190 valence electrons. The van der Waals surface area contributed by atoms with Gasteiger partial charge in [0.05, 0.1) is 12.0 Å². The molecule has 0 aliphatic carbocycles. The van der Waals surface area contributed by atoms with E-state index in [-0.39, 0.29) is 29.6 Å². The lowest BCUT2D eigenvalue weighted by molar-refractivity contribution is -0.138. The van der Waals surface area contributed by atoms with Crippen LogP contribution in [-0.4, -0.2) is 37.4 Å². The predicted molar refractivity (Wildman–Crippen MR) is 113 cm³/mol. The molecule has 2 N–H and O–H groups in total. The number of amides is 1. The number of benzene rings is 1. The molecular weight excluding hydrogens is 491 g/mol. The molecule has 1 aromatic carbocycles. The molecule has 4 heterocycles. The van der Waals surface area contributed by atoms with E-state index in [2.05, 4.69) is 15.0 Å². The minimum Gasteiger partial charge on any atom is -0.458 e. The average Bonchev–Trinajstić information content (AvgIpc) is 3.53. The Hall–Kier alpha value is -3.74. The number of oxazole rings is 1. The molecule has 4 aromatic rings. The number of aliphatic hydroxyl groups is 1. The molecule has 0 unspecified atom stereocenters. The number of nitrogens with one attached hydrogen (secondary N) is 1. The lowest BCUT2D eigenvalue weighted by Gasteiger charge is -2.34. The molecule has 0 fully saturated rings. The van der Waals surface area contributed by atoms with Crippen molar-refractivity contribution in [2.45, 2.75) is 44.5 Å². The molecule has 1 amide bonds. The van der Waals surface area contributed by atoms with Crippen molar-refractivity contribution in [2.24, 2.45) is 0 Å². The lowest BCUT2D eigenvalue weighted by atomic mass is 9.96. The van der Waals surface area contributed by atoms with Crippen molar-refractivity contribution >= 4 is 16.9 Å². The predicted octanol–water partition coefficient (Wildman–Crippen LogP) is 5.12. The summed E-state index contributed by atoms with van der Waals surface area (Å²) in [5.74, 6) is -3.16. The lowest BCUT2D eigenvalue weighted by Crippen LogP contribution is -2.41. The van der Waals surface area contributed by atoms with Crippen LogP contribution in [0.3, 0.4) is 0 Å². The number of furan rings is 1. The number of imidazole rings is 1. The number of hydrogen-bond acceptors (Lipinski definition) is 6. The number of alkyl halides is 5. The summed E-state index contributed by atoms with van der Waals surface area (Å²) in [6.07, 6.45) is -6.67. The second kappa shape index (κ2) is 8.15. The first-order valence-corrected chi connectivity index (χ1v) is 10.8. The Morgan fingerprint density at radius 3 is 2.61 bits per heavy atom. The number of H-pyrrole nitrogens is 1. The van der Waals surface area contributed by atoms with Crippen LogP contribution in [0.1, 0.15) is 71.2 Å². The van der Waals surface area contributed by atoms with Gasteiger partial charge in [-0.05, 0) is 19.9 Å². The van der Waals surface area contributed by atoms with Gasteiger partial charge in [0.2, 0.25) is 11.7 Å². The molecule has 0 saturated carbocycles. The SMILES string of the molecule is CC(C)(O)c1nc(C(F)F)c(C(=O)N2CCc3[nH]cnc3[C@H]2c2oc3ccccc3c2C(F)(F)F)o1. The van der Waals surface area contributed by atoms with E-state index in [1.54, 1.807) is 0 Å². The number of aromatic amines is 1. The maximum absolute atomic E-state index is 14.3. The van der Waals surface area contributed by atoms with Gasteiger partial charge in [-0.25, -0.2) is 18.7 Å². The van der Waals surface area contributed by atoms with Gasteiger partial charge in [0.25, 0.3) is 12.3 Å². The number of nitrogens with zero attached hydrogens (tertiary/aromatic N) is 3. The molecule has 0 saturated heterocycles. The number of aromatic nitrogens is 3. The topological polar surface area (TPSA) is 108 Å². The molecule has 36 heavy (non-hydrogen) atoms. The van der Waals surface area contributed by atoms with E-state index < -0.39 is 58.8 Å². The van der Waals surface area contributed by atoms with Crippen LogP contribution in [0, 0.1) is 0 Å². The van der Waals surface area contributed by atoms with Crippen LogP contribution in [0.2, 0.25) is 0 Å². The quantitative estimate of drug-likeness (QED) is 0.369. The first-order valence-electron chi connectivity index (χ1n) is 10.8. The smallest absolute Gasteiger partial charge is 0.420 e. The first kappa shape index (κ1) is 24.0. The third-order valence-electron chi connectivity index (χ3n) is 5.92. The molecule has 1 aliphatic rings. The monoisotopic (exact) mass is 510 g/mol. The number of carbonyl (C=O) groups is 1. The average molecular weight is 510 g/mol. The van der Waals surface area contributed by atoms with Gasteiger partial charge >= 0.3 is 6.18 Å². The highest BCUT2D eigenvalue weighted by molar-refractivity contribution is 5.93. The van der Waals surface area contributed by atoms with Gasteiger partial charge < -0.3 is 23.8 Å². The molecule has 13 heteroatoms. The fraction of sp³-hybridized carbons (Fsp3) is 0.348. The van der Waals surface area contributed by atoms with E-state index in [1.165, 1.54) is 44.4 Å². The molecule has 3 aromatic heterocycles. The normalized spacial score (nSPS) is 16.7. The minimum absolute atomic E-state index is 0.0628. The number of rotatable bonds is 4. The van der Waals surface area contributed by atoms with Crippen LogP contribution >= 0.6 is 0 Å². The Morgan fingerprint density at radius 1 is 1.22 bits per heavy atom. The van der Waals surface area contributed by atoms with Crippen LogP contribution in [-0.2, 0) is 18.2 Å². The highest BCUT2D eigenvalue weighted by Gasteiger charge is 2.47. The van der Waals surface area contributed by atoms with Crippen LogP contribution in [0.25, 0.3) is 11.0 Å². The van der Waals surface area contributed by atoms with Crippen LogP contribution in [0.5, 0.6) is 0 Å². The van der Waals surface area contributed by atoms with Gasteiger partial charge in [-0.15, -0.1) is 0 Å². The molecule has 1 atom stereocenters. The molecule has 0 bridgehead atoms. The van der Waals surface area contributed by atoms with Crippen molar-refractivity contribution < 1.29 is 40.7 Å². The summed E-state index contributed by atoms with van der Waals surface area (Å²) < 4.78 is 81.3. The zero-order valence-corrected chi connectivity index (χ0v) is 18.9. The summed E-state index contributed by atoms with van der Waals surface area (Å²) in [5.41, 5.74) is -3.42. The summed E-state index contributed by atoms with van der Waals surface area (Å²) in [6.45, 7) is 2.30. The van der Waals surface area contributed by atoms with E-state index >= 15 is 0 Å². The van der Waals surface area contributed by atoms with Crippen LogP contribution < -0.4 is 0 Å². The van der Waals surface area contributed by atoms with Crippen molar-refractivity contribution in [2.75, 3.05) is 6.54 Å². The van der Waals surface area contributed by atoms with Crippen molar-refractivity contribution in [1.82, 2.24) is 19.9 Å². The summed E-state index contributed by atoms with van der Waals surface area (Å²) in [4.78, 5) is 25.1. The van der Waals surface area contributed by atoms with Crippen molar-refractivity contribution in [3.05, 3.63) is 70.6 Å². The van der Waals surface area contributed by atoms with E-state index in [4.69, 9.17) is 8.83 Å². The Morgan fingerprint density at radius 2 is 1.94 bits per heavy atom. The molecular formula is C23H19F5N4O4. The fourth-order valence-electron chi connectivity index (χ4n) is 4.34. The second-order valence-corrected chi connectivity index (χ2v) is 8.85. The molecule has 5 rings (SSSR count). The Bertz CT molecular complexity index is 1450. The van der Waals surface area contributed by atoms with E-state index in [0.717, 1.165) is 4.90 Å². The summed E-state index contributed by atoms with van der Waals surface area (Å²) in [5, 5.41) is 9.94. The number of fused-ring (bicyclic) bond motifs is 2. The molecule has 8 nitrogen and oxygen atoms in total. The van der Waals surface area contributed by atoms with Gasteiger partial charge in [-0.3, -0.25) is 4.79 Å². The summed E-state index contributed by atoms with van der Waals surface area (Å²) in [6, 6.07) is 4.02. The first-order chi connectivity index (χ1) is 16.9. The maximum atomic E-state index is 14.3. The second-order valence-electron chi connectivity index (χ2n) is 8.85.